The van der Waals surface area contributed by atoms with Gasteiger partial charge in [-0.2, -0.15) is 0 Å². The summed E-state index contributed by atoms with van der Waals surface area (Å²) >= 11 is 0. The predicted molar refractivity (Wildman–Crippen MR) is 73.5 cm³/mol. The molecule has 1 heterocycles. The Morgan fingerprint density at radius 3 is 2.70 bits per heavy atom. The molecule has 0 bridgehead atoms. The Morgan fingerprint density at radius 2 is 2.15 bits per heavy atom. The first-order valence-corrected chi connectivity index (χ1v) is 6.63. The van der Waals surface area contributed by atoms with Crippen molar-refractivity contribution in [2.45, 2.75) is 32.4 Å². The number of amides is 1. The number of carbonyl (C=O) groups is 2. The molecule has 1 aliphatic heterocycles. The van der Waals surface area contributed by atoms with E-state index >= 15 is 0 Å². The summed E-state index contributed by atoms with van der Waals surface area (Å²) in [7, 11) is 1.56. The number of methoxy groups -OCH3 is 1. The molecule has 1 saturated heterocycles. The van der Waals surface area contributed by atoms with Crippen LogP contribution in [0.3, 0.4) is 0 Å². The van der Waals surface area contributed by atoms with E-state index in [1.165, 1.54) is 0 Å². The molecule has 0 radical (unpaired) electrons. The van der Waals surface area contributed by atoms with E-state index in [0.29, 0.717) is 5.75 Å². The van der Waals surface area contributed by atoms with Crippen molar-refractivity contribution < 1.29 is 19.4 Å². The second kappa shape index (κ2) is 5.53. The van der Waals surface area contributed by atoms with Crippen molar-refractivity contribution in [2.75, 3.05) is 7.11 Å². The SMILES string of the molecule is COc1cccc([C@@H]2[C@H](C(=O)O)CC(=O)N2C(C)C)c1. The van der Waals surface area contributed by atoms with Gasteiger partial charge in [0.25, 0.3) is 0 Å². The molecule has 1 fully saturated rings. The Balaban J connectivity index is 2.46. The number of benzene rings is 1. The monoisotopic (exact) mass is 277 g/mol. The second-order valence-corrected chi connectivity index (χ2v) is 5.27. The van der Waals surface area contributed by atoms with Crippen molar-refractivity contribution in [1.29, 1.82) is 0 Å². The fourth-order valence-electron chi connectivity index (χ4n) is 2.80. The van der Waals surface area contributed by atoms with Gasteiger partial charge in [0.05, 0.1) is 19.1 Å². The minimum atomic E-state index is -0.936. The summed E-state index contributed by atoms with van der Waals surface area (Å²) in [5.41, 5.74) is 0.802. The van der Waals surface area contributed by atoms with E-state index in [9.17, 15) is 14.7 Å². The molecule has 1 amide bonds. The van der Waals surface area contributed by atoms with Crippen LogP contribution in [-0.2, 0) is 9.59 Å². The van der Waals surface area contributed by atoms with Crippen LogP contribution in [-0.4, -0.2) is 35.0 Å². The molecule has 5 nitrogen and oxygen atoms in total. The lowest BCUT2D eigenvalue weighted by atomic mass is 9.93. The first kappa shape index (κ1) is 14.4. The van der Waals surface area contributed by atoms with Crippen molar-refractivity contribution >= 4 is 11.9 Å². The summed E-state index contributed by atoms with van der Waals surface area (Å²) in [5.74, 6) is -1.10. The number of ether oxygens (including phenoxy) is 1. The molecule has 0 saturated carbocycles. The Morgan fingerprint density at radius 1 is 1.45 bits per heavy atom. The van der Waals surface area contributed by atoms with E-state index in [1.54, 1.807) is 24.1 Å². The summed E-state index contributed by atoms with van der Waals surface area (Å²) < 4.78 is 5.18. The average molecular weight is 277 g/mol. The fourth-order valence-corrected chi connectivity index (χ4v) is 2.80. The molecule has 108 valence electrons. The zero-order chi connectivity index (χ0) is 14.9. The van der Waals surface area contributed by atoms with Gasteiger partial charge >= 0.3 is 5.97 Å². The molecule has 2 atom stereocenters. The molecule has 2 rings (SSSR count). The van der Waals surface area contributed by atoms with E-state index in [0.717, 1.165) is 5.56 Å². The number of carboxylic acid groups (broad SMARTS) is 1. The van der Waals surface area contributed by atoms with Crippen molar-refractivity contribution in [1.82, 2.24) is 4.90 Å². The summed E-state index contributed by atoms with van der Waals surface area (Å²) in [6.45, 7) is 3.80. The molecule has 1 aromatic rings. The average Bonchev–Trinajstić information content (AvgIpc) is 2.76. The Kier molecular flexibility index (Phi) is 3.97. The van der Waals surface area contributed by atoms with Gasteiger partial charge in [0.15, 0.2) is 0 Å². The molecule has 1 N–H and O–H groups in total. The third-order valence-corrected chi connectivity index (χ3v) is 3.67. The third kappa shape index (κ3) is 2.48. The molecule has 0 aliphatic carbocycles. The van der Waals surface area contributed by atoms with E-state index < -0.39 is 17.9 Å². The highest BCUT2D eigenvalue weighted by atomic mass is 16.5. The van der Waals surface area contributed by atoms with Gasteiger partial charge in [0.1, 0.15) is 5.75 Å². The lowest BCUT2D eigenvalue weighted by molar-refractivity contribution is -0.142. The van der Waals surface area contributed by atoms with Crippen LogP contribution in [0.25, 0.3) is 0 Å². The maximum Gasteiger partial charge on any atom is 0.309 e. The minimum absolute atomic E-state index is 0.0388. The van der Waals surface area contributed by atoms with Gasteiger partial charge < -0.3 is 14.7 Å². The topological polar surface area (TPSA) is 66.8 Å². The molecule has 0 aromatic heterocycles. The highest BCUT2D eigenvalue weighted by Crippen LogP contribution is 2.40. The summed E-state index contributed by atoms with van der Waals surface area (Å²) in [6, 6.07) is 6.79. The van der Waals surface area contributed by atoms with Crippen LogP contribution in [0.4, 0.5) is 0 Å². The van der Waals surface area contributed by atoms with E-state index in [2.05, 4.69) is 0 Å². The third-order valence-electron chi connectivity index (χ3n) is 3.67. The van der Waals surface area contributed by atoms with Crippen molar-refractivity contribution in [2.24, 2.45) is 5.92 Å². The number of likely N-dealkylation sites (tertiary alicyclic amines) is 1. The molecule has 0 spiro atoms. The van der Waals surface area contributed by atoms with Crippen LogP contribution in [0.2, 0.25) is 0 Å². The standard InChI is InChI=1S/C15H19NO4/c1-9(2)16-13(17)8-12(15(18)19)14(16)10-5-4-6-11(7-10)20-3/h4-7,9,12,14H,8H2,1-3H3,(H,18,19)/t12-,14-/m1/s1. The predicted octanol–water partition coefficient (Wildman–Crippen LogP) is 2.08. The number of hydrogen-bond donors (Lipinski definition) is 1. The van der Waals surface area contributed by atoms with Crippen LogP contribution >= 0.6 is 0 Å². The molecule has 20 heavy (non-hydrogen) atoms. The molecular formula is C15H19NO4. The second-order valence-electron chi connectivity index (χ2n) is 5.27. The van der Waals surface area contributed by atoms with Crippen molar-refractivity contribution in [3.63, 3.8) is 0 Å². The number of aliphatic carboxylic acids is 1. The number of hydrogen-bond acceptors (Lipinski definition) is 3. The van der Waals surface area contributed by atoms with Gasteiger partial charge in [-0.1, -0.05) is 12.1 Å². The highest BCUT2D eigenvalue weighted by Gasteiger charge is 2.45. The summed E-state index contributed by atoms with van der Waals surface area (Å²) in [6.07, 6.45) is 0.0510. The van der Waals surface area contributed by atoms with Crippen LogP contribution in [0, 0.1) is 5.92 Å². The Hall–Kier alpha value is -2.04. The highest BCUT2D eigenvalue weighted by molar-refractivity contribution is 5.87. The maximum absolute atomic E-state index is 12.1. The van der Waals surface area contributed by atoms with Crippen molar-refractivity contribution in [3.8, 4) is 5.75 Å². The lowest BCUT2D eigenvalue weighted by Gasteiger charge is -2.30. The van der Waals surface area contributed by atoms with Crippen LogP contribution < -0.4 is 4.74 Å². The largest absolute Gasteiger partial charge is 0.497 e. The first-order chi connectivity index (χ1) is 9.45. The Labute approximate surface area is 118 Å². The van der Waals surface area contributed by atoms with Gasteiger partial charge in [-0.25, -0.2) is 0 Å². The molecule has 1 aliphatic rings. The van der Waals surface area contributed by atoms with Gasteiger partial charge in [-0.15, -0.1) is 0 Å². The number of carboxylic acids is 1. The summed E-state index contributed by atoms with van der Waals surface area (Å²) in [4.78, 5) is 25.2. The molecule has 0 unspecified atom stereocenters. The normalized spacial score (nSPS) is 22.4. The smallest absolute Gasteiger partial charge is 0.309 e. The lowest BCUT2D eigenvalue weighted by Crippen LogP contribution is -2.36. The van der Waals surface area contributed by atoms with E-state index in [4.69, 9.17) is 4.74 Å². The van der Waals surface area contributed by atoms with E-state index in [1.807, 2.05) is 26.0 Å². The van der Waals surface area contributed by atoms with Crippen LogP contribution in [0.15, 0.2) is 24.3 Å². The van der Waals surface area contributed by atoms with Gasteiger partial charge in [-0.3, -0.25) is 9.59 Å². The molecule has 1 aromatic carbocycles. The Bertz CT molecular complexity index is 526. The summed E-state index contributed by atoms with van der Waals surface area (Å²) in [5, 5.41) is 9.38. The first-order valence-electron chi connectivity index (χ1n) is 6.63. The van der Waals surface area contributed by atoms with Crippen LogP contribution in [0.5, 0.6) is 5.75 Å². The fraction of sp³-hybridized carbons (Fsp3) is 0.467. The van der Waals surface area contributed by atoms with Gasteiger partial charge in [0.2, 0.25) is 5.91 Å². The minimum Gasteiger partial charge on any atom is -0.497 e. The van der Waals surface area contributed by atoms with Crippen LogP contribution in [0.1, 0.15) is 31.9 Å². The number of nitrogens with zero attached hydrogens (tertiary/aromatic N) is 1. The van der Waals surface area contributed by atoms with Crippen molar-refractivity contribution in [3.05, 3.63) is 29.8 Å². The quantitative estimate of drug-likeness (QED) is 0.915. The zero-order valence-corrected chi connectivity index (χ0v) is 11.9. The number of rotatable bonds is 4. The molecule has 5 heteroatoms. The van der Waals surface area contributed by atoms with Gasteiger partial charge in [0, 0.05) is 12.5 Å². The molecular weight excluding hydrogens is 258 g/mol. The zero-order valence-electron chi connectivity index (χ0n) is 11.9. The maximum atomic E-state index is 12.1. The van der Waals surface area contributed by atoms with E-state index in [-0.39, 0.29) is 18.4 Å². The number of carbonyl (C=O) groups excluding carboxylic acids is 1. The van der Waals surface area contributed by atoms with Gasteiger partial charge in [-0.05, 0) is 31.5 Å².